The lowest BCUT2D eigenvalue weighted by atomic mass is 9.64. The van der Waals surface area contributed by atoms with E-state index < -0.39 is 15.7 Å². The van der Waals surface area contributed by atoms with E-state index in [9.17, 15) is 8.42 Å². The van der Waals surface area contributed by atoms with E-state index in [-0.39, 0.29) is 10.8 Å². The molecule has 1 aromatic rings. The van der Waals surface area contributed by atoms with Crippen LogP contribution in [0.15, 0.2) is 41.3 Å². The van der Waals surface area contributed by atoms with Crippen LogP contribution in [0.3, 0.4) is 0 Å². The Morgan fingerprint density at radius 3 is 2.73 bits per heavy atom. The van der Waals surface area contributed by atoms with Crippen molar-refractivity contribution in [1.29, 1.82) is 0 Å². The zero-order valence-corrected chi connectivity index (χ0v) is 13.6. The van der Waals surface area contributed by atoms with Crippen LogP contribution in [0.5, 0.6) is 0 Å². The lowest BCUT2D eigenvalue weighted by molar-refractivity contribution is 0.132. The van der Waals surface area contributed by atoms with Gasteiger partial charge in [-0.05, 0) is 41.1 Å². The number of hydroxylamine groups is 1. The Bertz CT molecular complexity index is 843. The summed E-state index contributed by atoms with van der Waals surface area (Å²) in [4.78, 5) is 6.23. The third kappa shape index (κ3) is 1.07. The molecule has 2 aliphatic heterocycles. The molecule has 4 nitrogen and oxygen atoms in total. The maximum atomic E-state index is 12.7. The van der Waals surface area contributed by atoms with Crippen LogP contribution in [0.2, 0.25) is 0 Å². The second kappa shape index (κ2) is 3.35. The summed E-state index contributed by atoms with van der Waals surface area (Å²) in [6.07, 6.45) is 3.05. The first-order valence-electron chi connectivity index (χ1n) is 7.82. The minimum Gasteiger partial charge on any atom is -0.249 e. The van der Waals surface area contributed by atoms with E-state index >= 15 is 0 Å². The van der Waals surface area contributed by atoms with Gasteiger partial charge in [-0.15, -0.1) is 0 Å². The molecule has 1 unspecified atom stereocenters. The first-order chi connectivity index (χ1) is 10.3. The highest BCUT2D eigenvalue weighted by Crippen LogP contribution is 2.78. The smallest absolute Gasteiger partial charge is 0.249 e. The molecule has 4 aliphatic rings. The maximum absolute atomic E-state index is 12.7. The summed E-state index contributed by atoms with van der Waals surface area (Å²) in [6.45, 7) is 8.87. The van der Waals surface area contributed by atoms with Crippen LogP contribution in [0.4, 0.5) is 0 Å². The number of nitrogens with zero attached hydrogens (tertiary/aromatic N) is 1. The van der Waals surface area contributed by atoms with Crippen molar-refractivity contribution < 1.29 is 13.3 Å². The van der Waals surface area contributed by atoms with Crippen molar-refractivity contribution in [2.75, 3.05) is 0 Å². The number of fused-ring (bicyclic) bond motifs is 6. The van der Waals surface area contributed by atoms with Crippen LogP contribution in [-0.4, -0.2) is 12.9 Å². The highest BCUT2D eigenvalue weighted by atomic mass is 32.2. The fourth-order valence-corrected chi connectivity index (χ4v) is 7.09. The minimum absolute atomic E-state index is 0.0475. The normalized spacial score (nSPS) is 45.6. The Labute approximate surface area is 130 Å². The Morgan fingerprint density at radius 2 is 2.05 bits per heavy atom. The lowest BCUT2D eigenvalue weighted by Gasteiger charge is -2.40. The molecule has 3 fully saturated rings. The van der Waals surface area contributed by atoms with E-state index in [1.54, 1.807) is 12.1 Å². The summed E-state index contributed by atoms with van der Waals surface area (Å²) < 4.78 is 26.6. The summed E-state index contributed by atoms with van der Waals surface area (Å²) in [5.74, 6) is 0.566. The molecule has 22 heavy (non-hydrogen) atoms. The number of hydrogen-bond donors (Lipinski definition) is 0. The van der Waals surface area contributed by atoms with Gasteiger partial charge in [0, 0.05) is 11.0 Å². The lowest BCUT2D eigenvalue weighted by Crippen LogP contribution is -2.38. The number of benzene rings is 1. The minimum atomic E-state index is -3.53. The summed E-state index contributed by atoms with van der Waals surface area (Å²) in [6, 6.07) is 7.26. The molecule has 1 aromatic carbocycles. The standard InChI is InChI=1S/C17H19NO3S/c1-11-15(2,3)12-8-9-16(11,10-12)17-13-6-4-5-7-14(13)22(19,20)18(17)21-17/h4-7,12H,1,8-10H2,2-3H3/t12-,16-,17+,18?/m1/s1. The third-order valence-electron chi connectivity index (χ3n) is 6.73. The Morgan fingerprint density at radius 1 is 1.32 bits per heavy atom. The van der Waals surface area contributed by atoms with Gasteiger partial charge in [-0.1, -0.05) is 44.2 Å². The molecule has 0 spiro atoms. The van der Waals surface area contributed by atoms with Crippen LogP contribution in [0.25, 0.3) is 0 Å². The molecule has 0 N–H and O–H groups in total. The molecule has 0 aromatic heterocycles. The van der Waals surface area contributed by atoms with Crippen LogP contribution >= 0.6 is 0 Å². The highest BCUT2D eigenvalue weighted by Gasteiger charge is 2.83. The predicted octanol–water partition coefficient (Wildman–Crippen LogP) is 3.17. The molecule has 2 aliphatic carbocycles. The summed E-state index contributed by atoms with van der Waals surface area (Å²) in [5, 5.41) is 0. The van der Waals surface area contributed by atoms with Gasteiger partial charge in [0.15, 0.2) is 0 Å². The molecule has 5 rings (SSSR count). The summed E-state index contributed by atoms with van der Waals surface area (Å²) in [5.41, 5.74) is 0.898. The first-order valence-corrected chi connectivity index (χ1v) is 9.26. The molecule has 4 atom stereocenters. The second-order valence-electron chi connectivity index (χ2n) is 7.69. The van der Waals surface area contributed by atoms with Gasteiger partial charge in [0.05, 0.1) is 4.90 Å². The van der Waals surface area contributed by atoms with Gasteiger partial charge in [0.1, 0.15) is 0 Å². The zero-order chi connectivity index (χ0) is 15.5. The average molecular weight is 317 g/mol. The van der Waals surface area contributed by atoms with Crippen molar-refractivity contribution in [3.05, 3.63) is 42.0 Å². The van der Waals surface area contributed by atoms with Crippen LogP contribution in [-0.2, 0) is 20.6 Å². The van der Waals surface area contributed by atoms with Gasteiger partial charge in [-0.3, -0.25) is 0 Å². The average Bonchev–Trinajstić information content (AvgIpc) is 2.98. The molecule has 5 heteroatoms. The number of rotatable bonds is 1. The number of hydrogen-bond acceptors (Lipinski definition) is 3. The van der Waals surface area contributed by atoms with Gasteiger partial charge >= 0.3 is 0 Å². The molecular formula is C17H19NO3S. The molecule has 1 saturated heterocycles. The van der Waals surface area contributed by atoms with E-state index in [4.69, 9.17) is 4.84 Å². The fourth-order valence-electron chi connectivity index (χ4n) is 5.36. The van der Waals surface area contributed by atoms with E-state index in [0.29, 0.717) is 10.8 Å². The molecule has 2 bridgehead atoms. The van der Waals surface area contributed by atoms with Gasteiger partial charge < -0.3 is 0 Å². The van der Waals surface area contributed by atoms with Gasteiger partial charge in [-0.2, -0.15) is 0 Å². The Hall–Kier alpha value is -1.17. The van der Waals surface area contributed by atoms with E-state index in [1.807, 2.05) is 12.1 Å². The van der Waals surface area contributed by atoms with Gasteiger partial charge in [0.25, 0.3) is 10.0 Å². The third-order valence-corrected chi connectivity index (χ3v) is 8.41. The van der Waals surface area contributed by atoms with Crippen molar-refractivity contribution in [3.63, 3.8) is 0 Å². The largest absolute Gasteiger partial charge is 0.268 e. The fraction of sp³-hybridized carbons (Fsp3) is 0.529. The highest BCUT2D eigenvalue weighted by molar-refractivity contribution is 7.89. The summed E-state index contributed by atoms with van der Waals surface area (Å²) >= 11 is 0. The molecule has 0 radical (unpaired) electrons. The monoisotopic (exact) mass is 317 g/mol. The van der Waals surface area contributed by atoms with Crippen LogP contribution < -0.4 is 0 Å². The van der Waals surface area contributed by atoms with Crippen molar-refractivity contribution >= 4 is 10.0 Å². The van der Waals surface area contributed by atoms with Crippen LogP contribution in [0, 0.1) is 16.7 Å². The molecule has 0 amide bonds. The van der Waals surface area contributed by atoms with Crippen molar-refractivity contribution in [1.82, 2.24) is 4.47 Å². The SMILES string of the molecule is C=C1C(C)(C)[C@@H]2CC[C@@]1([C@]13ON1S(=O)(=O)c1ccccc13)C2. The van der Waals surface area contributed by atoms with E-state index in [2.05, 4.69) is 20.4 Å². The second-order valence-corrected chi connectivity index (χ2v) is 9.41. The maximum Gasteiger partial charge on any atom is 0.268 e. The molecule has 2 heterocycles. The molecular weight excluding hydrogens is 298 g/mol. The van der Waals surface area contributed by atoms with Crippen molar-refractivity contribution in [3.8, 4) is 0 Å². The van der Waals surface area contributed by atoms with E-state index in [0.717, 1.165) is 30.4 Å². The quantitative estimate of drug-likeness (QED) is 0.590. The van der Waals surface area contributed by atoms with Crippen molar-refractivity contribution in [2.24, 2.45) is 16.7 Å². The summed E-state index contributed by atoms with van der Waals surface area (Å²) in [7, 11) is -3.53. The first kappa shape index (κ1) is 13.3. The Balaban J connectivity index is 1.78. The van der Waals surface area contributed by atoms with Gasteiger partial charge in [0.2, 0.25) is 5.72 Å². The molecule has 116 valence electrons. The van der Waals surface area contributed by atoms with Crippen LogP contribution in [0.1, 0.15) is 38.7 Å². The van der Waals surface area contributed by atoms with Crippen molar-refractivity contribution in [2.45, 2.75) is 43.7 Å². The Kier molecular flexibility index (Phi) is 2.02. The molecule has 2 saturated carbocycles. The van der Waals surface area contributed by atoms with E-state index in [1.165, 1.54) is 4.47 Å². The van der Waals surface area contributed by atoms with Gasteiger partial charge in [-0.25, -0.2) is 13.3 Å². The topological polar surface area (TPSA) is 49.7 Å². The predicted molar refractivity (Wildman–Crippen MR) is 80.9 cm³/mol. The number of sulfonamides is 1. The zero-order valence-electron chi connectivity index (χ0n) is 12.8.